The van der Waals surface area contributed by atoms with Crippen LogP contribution in [0, 0.1) is 0 Å². The molecule has 0 aliphatic carbocycles. The molecular weight excluding hydrogens is 460 g/mol. The van der Waals surface area contributed by atoms with E-state index in [0.29, 0.717) is 23.7 Å². The molecule has 4 rings (SSSR count). The fourth-order valence-corrected chi connectivity index (χ4v) is 5.04. The summed E-state index contributed by atoms with van der Waals surface area (Å²) in [4.78, 5) is 20.8. The number of hydrogen-bond donors (Lipinski definition) is 2. The average Bonchev–Trinajstić information content (AvgIpc) is 2.84. The lowest BCUT2D eigenvalue weighted by Gasteiger charge is -2.34. The molecule has 3 aromatic carbocycles. The van der Waals surface area contributed by atoms with E-state index in [1.807, 2.05) is 6.07 Å². The lowest BCUT2D eigenvalue weighted by Crippen LogP contribution is -2.48. The van der Waals surface area contributed by atoms with E-state index < -0.39 is 22.0 Å². The largest absolute Gasteiger partial charge is 0.497 e. The standard InChI is InChI=1S/C22H24N2O3S.C2H2O4/c1-27-21-8-10-22(11-9-21)28(25,26)24-14-12-23(13-15-24)17-18-6-7-19-4-2-3-5-20(19)16-18;3-1(4)2(5)6/h2-11,16H,12-15,17H2,1H3;(H,3,4)(H,5,6). The molecule has 10 heteroatoms. The van der Waals surface area contributed by atoms with Crippen LogP contribution in [-0.4, -0.2) is 73.1 Å². The van der Waals surface area contributed by atoms with Crippen molar-refractivity contribution in [2.75, 3.05) is 33.3 Å². The fourth-order valence-electron chi connectivity index (χ4n) is 3.62. The summed E-state index contributed by atoms with van der Waals surface area (Å²) in [7, 11) is -1.89. The molecule has 3 aromatic rings. The number of rotatable bonds is 5. The van der Waals surface area contributed by atoms with Crippen LogP contribution in [-0.2, 0) is 26.2 Å². The van der Waals surface area contributed by atoms with Gasteiger partial charge in [-0.1, -0.05) is 36.4 Å². The van der Waals surface area contributed by atoms with Gasteiger partial charge in [0.15, 0.2) is 0 Å². The Labute approximate surface area is 197 Å². The van der Waals surface area contributed by atoms with Crippen LogP contribution in [0.2, 0.25) is 0 Å². The van der Waals surface area contributed by atoms with Gasteiger partial charge in [-0.3, -0.25) is 4.90 Å². The Balaban J connectivity index is 0.000000481. The fraction of sp³-hybridized carbons (Fsp3) is 0.250. The van der Waals surface area contributed by atoms with E-state index in [4.69, 9.17) is 24.5 Å². The highest BCUT2D eigenvalue weighted by Crippen LogP contribution is 2.22. The van der Waals surface area contributed by atoms with Crippen LogP contribution in [0.1, 0.15) is 5.56 Å². The van der Waals surface area contributed by atoms with E-state index >= 15 is 0 Å². The second-order valence-corrected chi connectivity index (χ2v) is 9.59. The minimum absolute atomic E-state index is 0.316. The summed E-state index contributed by atoms with van der Waals surface area (Å²) in [6.45, 7) is 3.29. The number of carbonyl (C=O) groups is 2. The van der Waals surface area contributed by atoms with E-state index in [1.165, 1.54) is 16.3 Å². The molecular formula is C24H26N2O7S. The number of benzene rings is 3. The molecule has 34 heavy (non-hydrogen) atoms. The zero-order valence-electron chi connectivity index (χ0n) is 18.6. The SMILES string of the molecule is COc1ccc(S(=O)(=O)N2CCN(Cc3ccc4ccccc4c3)CC2)cc1.O=C(O)C(=O)O. The monoisotopic (exact) mass is 486 g/mol. The summed E-state index contributed by atoms with van der Waals surface area (Å²) in [5, 5.41) is 17.3. The lowest BCUT2D eigenvalue weighted by atomic mass is 10.1. The van der Waals surface area contributed by atoms with Crippen LogP contribution in [0.15, 0.2) is 71.6 Å². The number of methoxy groups -OCH3 is 1. The van der Waals surface area contributed by atoms with E-state index in [2.05, 4.69) is 41.3 Å². The normalized spacial score (nSPS) is 14.7. The highest BCUT2D eigenvalue weighted by molar-refractivity contribution is 7.89. The Morgan fingerprint density at radius 1 is 0.853 bits per heavy atom. The number of nitrogens with zero attached hydrogens (tertiary/aromatic N) is 2. The third-order valence-corrected chi connectivity index (χ3v) is 7.34. The maximum absolute atomic E-state index is 12.9. The van der Waals surface area contributed by atoms with Crippen molar-refractivity contribution in [3.63, 3.8) is 0 Å². The summed E-state index contributed by atoms with van der Waals surface area (Å²) in [5.41, 5.74) is 1.25. The zero-order valence-corrected chi connectivity index (χ0v) is 19.4. The third-order valence-electron chi connectivity index (χ3n) is 5.43. The maximum Gasteiger partial charge on any atom is 0.414 e. The van der Waals surface area contributed by atoms with Gasteiger partial charge in [0.05, 0.1) is 12.0 Å². The van der Waals surface area contributed by atoms with Gasteiger partial charge in [-0.2, -0.15) is 4.31 Å². The highest BCUT2D eigenvalue weighted by atomic mass is 32.2. The van der Waals surface area contributed by atoms with Crippen molar-refractivity contribution in [1.29, 1.82) is 0 Å². The van der Waals surface area contributed by atoms with E-state index in [9.17, 15) is 8.42 Å². The van der Waals surface area contributed by atoms with Crippen molar-refractivity contribution in [1.82, 2.24) is 9.21 Å². The van der Waals surface area contributed by atoms with Gasteiger partial charge in [0.25, 0.3) is 0 Å². The zero-order chi connectivity index (χ0) is 24.7. The number of hydrogen-bond acceptors (Lipinski definition) is 6. The Bertz CT molecular complexity index is 1240. The Kier molecular flexibility index (Phi) is 8.21. The second-order valence-electron chi connectivity index (χ2n) is 7.65. The molecule has 0 saturated carbocycles. The molecule has 180 valence electrons. The van der Waals surface area contributed by atoms with Crippen LogP contribution < -0.4 is 4.74 Å². The van der Waals surface area contributed by atoms with Gasteiger partial charge in [0.1, 0.15) is 5.75 Å². The molecule has 1 heterocycles. The van der Waals surface area contributed by atoms with Gasteiger partial charge in [-0.05, 0) is 46.7 Å². The summed E-state index contributed by atoms with van der Waals surface area (Å²) < 4.78 is 32.4. The van der Waals surface area contributed by atoms with Crippen molar-refractivity contribution in [3.8, 4) is 5.75 Å². The van der Waals surface area contributed by atoms with Crippen molar-refractivity contribution in [2.24, 2.45) is 0 Å². The number of carboxylic acid groups (broad SMARTS) is 2. The van der Waals surface area contributed by atoms with Gasteiger partial charge in [-0.25, -0.2) is 18.0 Å². The first kappa shape index (κ1) is 25.2. The molecule has 1 aliphatic rings. The Morgan fingerprint density at radius 2 is 1.44 bits per heavy atom. The van der Waals surface area contributed by atoms with Gasteiger partial charge >= 0.3 is 11.9 Å². The van der Waals surface area contributed by atoms with Crippen LogP contribution >= 0.6 is 0 Å². The molecule has 2 N–H and O–H groups in total. The molecule has 0 aromatic heterocycles. The van der Waals surface area contributed by atoms with Crippen LogP contribution in [0.25, 0.3) is 10.8 Å². The number of sulfonamides is 1. The first-order chi connectivity index (χ1) is 16.2. The number of fused-ring (bicyclic) bond motifs is 1. The van der Waals surface area contributed by atoms with Crippen LogP contribution in [0.3, 0.4) is 0 Å². The number of ether oxygens (including phenoxy) is 1. The molecule has 0 radical (unpaired) electrons. The maximum atomic E-state index is 12.9. The molecule has 0 atom stereocenters. The smallest absolute Gasteiger partial charge is 0.414 e. The summed E-state index contributed by atoms with van der Waals surface area (Å²) in [5.74, 6) is -3.00. The second kappa shape index (κ2) is 11.1. The molecule has 1 saturated heterocycles. The molecule has 0 amide bonds. The number of carboxylic acids is 2. The Morgan fingerprint density at radius 3 is 2.00 bits per heavy atom. The van der Waals surface area contributed by atoms with Crippen molar-refractivity contribution in [2.45, 2.75) is 11.4 Å². The van der Waals surface area contributed by atoms with Crippen molar-refractivity contribution >= 4 is 32.7 Å². The number of piperazine rings is 1. The van der Waals surface area contributed by atoms with Gasteiger partial charge in [0, 0.05) is 32.7 Å². The molecule has 9 nitrogen and oxygen atoms in total. The average molecular weight is 487 g/mol. The molecule has 0 bridgehead atoms. The predicted octanol–water partition coefficient (Wildman–Crippen LogP) is 2.51. The topological polar surface area (TPSA) is 124 Å². The quantitative estimate of drug-likeness (QED) is 0.527. The summed E-state index contributed by atoms with van der Waals surface area (Å²) in [6.07, 6.45) is 0. The third kappa shape index (κ3) is 6.31. The molecule has 0 unspecified atom stereocenters. The minimum Gasteiger partial charge on any atom is -0.497 e. The summed E-state index contributed by atoms with van der Waals surface area (Å²) >= 11 is 0. The molecule has 0 spiro atoms. The lowest BCUT2D eigenvalue weighted by molar-refractivity contribution is -0.159. The minimum atomic E-state index is -3.46. The van der Waals surface area contributed by atoms with Gasteiger partial charge in [-0.15, -0.1) is 0 Å². The van der Waals surface area contributed by atoms with Crippen LogP contribution in [0.4, 0.5) is 0 Å². The number of aliphatic carboxylic acids is 2. The van der Waals surface area contributed by atoms with Crippen molar-refractivity contribution in [3.05, 3.63) is 72.3 Å². The van der Waals surface area contributed by atoms with Crippen molar-refractivity contribution < 1.29 is 33.0 Å². The van der Waals surface area contributed by atoms with Crippen LogP contribution in [0.5, 0.6) is 5.75 Å². The highest BCUT2D eigenvalue weighted by Gasteiger charge is 2.28. The summed E-state index contributed by atoms with van der Waals surface area (Å²) in [6, 6.07) is 21.4. The first-order valence-corrected chi connectivity index (χ1v) is 11.9. The van der Waals surface area contributed by atoms with E-state index in [-0.39, 0.29) is 0 Å². The Hall–Kier alpha value is -3.47. The molecule has 1 fully saturated rings. The van der Waals surface area contributed by atoms with E-state index in [0.717, 1.165) is 19.6 Å². The first-order valence-electron chi connectivity index (χ1n) is 10.5. The van der Waals surface area contributed by atoms with E-state index in [1.54, 1.807) is 35.7 Å². The predicted molar refractivity (Wildman–Crippen MR) is 126 cm³/mol. The van der Waals surface area contributed by atoms with Gasteiger partial charge in [0.2, 0.25) is 10.0 Å². The van der Waals surface area contributed by atoms with Gasteiger partial charge < -0.3 is 14.9 Å². The molecule has 1 aliphatic heterocycles.